The summed E-state index contributed by atoms with van der Waals surface area (Å²) >= 11 is 3.41. The first-order valence-corrected chi connectivity index (χ1v) is 5.77. The fourth-order valence-corrected chi connectivity index (χ4v) is 1.88. The molecule has 0 radical (unpaired) electrons. The van der Waals surface area contributed by atoms with Gasteiger partial charge in [-0.25, -0.2) is 0 Å². The van der Waals surface area contributed by atoms with Gasteiger partial charge in [-0.1, -0.05) is 15.9 Å². The van der Waals surface area contributed by atoms with Crippen LogP contribution in [0, 0.1) is 0 Å². The van der Waals surface area contributed by atoms with Gasteiger partial charge in [-0.05, 0) is 50.2 Å². The van der Waals surface area contributed by atoms with E-state index in [1.165, 1.54) is 0 Å². The van der Waals surface area contributed by atoms with Gasteiger partial charge in [-0.15, -0.1) is 12.4 Å². The van der Waals surface area contributed by atoms with Crippen LogP contribution in [0.15, 0.2) is 28.7 Å². The summed E-state index contributed by atoms with van der Waals surface area (Å²) in [5.74, 6) is 0.972. The zero-order valence-electron chi connectivity index (χ0n) is 8.41. The lowest BCUT2D eigenvalue weighted by atomic mass is 10.1. The van der Waals surface area contributed by atoms with Crippen molar-refractivity contribution in [2.24, 2.45) is 0 Å². The molecule has 0 spiro atoms. The topological polar surface area (TPSA) is 21.3 Å². The summed E-state index contributed by atoms with van der Waals surface area (Å²) in [7, 11) is 0. The standard InChI is InChI=1S/C11H14BrNO.ClH/c12-9-1-3-10(4-2-9)14-11-5-7-13-8-6-11;/h1-4,11,13H,5-8H2;1H. The first kappa shape index (κ1) is 12.8. The number of hydrogen-bond donors (Lipinski definition) is 1. The molecule has 0 unspecified atom stereocenters. The number of rotatable bonds is 2. The Labute approximate surface area is 105 Å². The molecule has 1 saturated heterocycles. The monoisotopic (exact) mass is 291 g/mol. The van der Waals surface area contributed by atoms with E-state index in [1.807, 2.05) is 24.3 Å². The zero-order chi connectivity index (χ0) is 9.80. The van der Waals surface area contributed by atoms with Gasteiger partial charge in [0.1, 0.15) is 11.9 Å². The molecule has 2 nitrogen and oxygen atoms in total. The lowest BCUT2D eigenvalue weighted by molar-refractivity contribution is 0.162. The first-order valence-electron chi connectivity index (χ1n) is 4.97. The van der Waals surface area contributed by atoms with Crippen LogP contribution in [-0.4, -0.2) is 19.2 Å². The minimum absolute atomic E-state index is 0. The van der Waals surface area contributed by atoms with Crippen molar-refractivity contribution in [2.75, 3.05) is 13.1 Å². The van der Waals surface area contributed by atoms with E-state index in [-0.39, 0.29) is 12.4 Å². The van der Waals surface area contributed by atoms with Gasteiger partial charge < -0.3 is 10.1 Å². The van der Waals surface area contributed by atoms with Gasteiger partial charge in [0.05, 0.1) is 0 Å². The van der Waals surface area contributed by atoms with E-state index < -0.39 is 0 Å². The molecular formula is C11H15BrClNO. The molecule has 2 rings (SSSR count). The zero-order valence-corrected chi connectivity index (χ0v) is 10.8. The molecule has 0 bridgehead atoms. The lowest BCUT2D eigenvalue weighted by Crippen LogP contribution is -2.34. The number of ether oxygens (including phenoxy) is 1. The highest BCUT2D eigenvalue weighted by Gasteiger charge is 2.13. The third-order valence-corrected chi connectivity index (χ3v) is 2.93. The summed E-state index contributed by atoms with van der Waals surface area (Å²) in [4.78, 5) is 0. The Balaban J connectivity index is 0.00000112. The molecular weight excluding hydrogens is 277 g/mol. The van der Waals surface area contributed by atoms with Crippen LogP contribution in [0.4, 0.5) is 0 Å². The summed E-state index contributed by atoms with van der Waals surface area (Å²) < 4.78 is 6.94. The predicted octanol–water partition coefficient (Wildman–Crippen LogP) is 3.00. The molecule has 4 heteroatoms. The molecule has 1 fully saturated rings. The molecule has 0 aromatic heterocycles. The van der Waals surface area contributed by atoms with Gasteiger partial charge in [-0.3, -0.25) is 0 Å². The molecule has 0 atom stereocenters. The summed E-state index contributed by atoms with van der Waals surface area (Å²) in [5, 5.41) is 3.32. The fourth-order valence-electron chi connectivity index (χ4n) is 1.62. The highest BCUT2D eigenvalue weighted by molar-refractivity contribution is 9.10. The van der Waals surface area contributed by atoms with E-state index in [0.717, 1.165) is 36.2 Å². The Hall–Kier alpha value is -0.250. The first-order chi connectivity index (χ1) is 6.84. The second kappa shape index (κ2) is 6.36. The number of hydrogen-bond acceptors (Lipinski definition) is 2. The quantitative estimate of drug-likeness (QED) is 0.905. The van der Waals surface area contributed by atoms with Crippen molar-refractivity contribution < 1.29 is 4.74 Å². The Bertz CT molecular complexity index is 285. The Morgan fingerprint density at radius 1 is 1.13 bits per heavy atom. The number of benzene rings is 1. The molecule has 1 heterocycles. The van der Waals surface area contributed by atoms with E-state index in [9.17, 15) is 0 Å². The van der Waals surface area contributed by atoms with Gasteiger partial charge in [0.2, 0.25) is 0 Å². The molecule has 1 aromatic carbocycles. The minimum atomic E-state index is 0. The van der Waals surface area contributed by atoms with Crippen molar-refractivity contribution in [1.82, 2.24) is 5.32 Å². The second-order valence-corrected chi connectivity index (χ2v) is 4.44. The minimum Gasteiger partial charge on any atom is -0.490 e. The summed E-state index contributed by atoms with van der Waals surface area (Å²) in [6.45, 7) is 2.14. The Morgan fingerprint density at radius 3 is 2.33 bits per heavy atom. The van der Waals surface area contributed by atoms with E-state index in [0.29, 0.717) is 6.10 Å². The van der Waals surface area contributed by atoms with Crippen molar-refractivity contribution in [3.05, 3.63) is 28.7 Å². The van der Waals surface area contributed by atoms with Crippen LogP contribution in [0.3, 0.4) is 0 Å². The van der Waals surface area contributed by atoms with Crippen LogP contribution in [0.5, 0.6) is 5.75 Å². The van der Waals surface area contributed by atoms with E-state index in [1.54, 1.807) is 0 Å². The molecule has 84 valence electrons. The lowest BCUT2D eigenvalue weighted by Gasteiger charge is -2.23. The van der Waals surface area contributed by atoms with Gasteiger partial charge in [0, 0.05) is 4.47 Å². The fraction of sp³-hybridized carbons (Fsp3) is 0.455. The van der Waals surface area contributed by atoms with Crippen LogP contribution >= 0.6 is 28.3 Å². The van der Waals surface area contributed by atoms with Gasteiger partial charge in [0.15, 0.2) is 0 Å². The van der Waals surface area contributed by atoms with Crippen LogP contribution in [-0.2, 0) is 0 Å². The van der Waals surface area contributed by atoms with Crippen LogP contribution < -0.4 is 10.1 Å². The maximum Gasteiger partial charge on any atom is 0.119 e. The third kappa shape index (κ3) is 4.01. The Kier molecular flexibility index (Phi) is 5.43. The van der Waals surface area contributed by atoms with E-state index >= 15 is 0 Å². The average Bonchev–Trinajstić information content (AvgIpc) is 2.23. The second-order valence-electron chi connectivity index (χ2n) is 3.52. The highest BCUT2D eigenvalue weighted by atomic mass is 79.9. The number of nitrogens with one attached hydrogen (secondary N) is 1. The van der Waals surface area contributed by atoms with Crippen molar-refractivity contribution >= 4 is 28.3 Å². The average molecular weight is 293 g/mol. The summed E-state index contributed by atoms with van der Waals surface area (Å²) in [6, 6.07) is 8.03. The summed E-state index contributed by atoms with van der Waals surface area (Å²) in [6.07, 6.45) is 2.60. The number of halogens is 2. The van der Waals surface area contributed by atoms with E-state index in [2.05, 4.69) is 21.2 Å². The molecule has 1 aliphatic rings. The maximum atomic E-state index is 5.85. The van der Waals surface area contributed by atoms with Gasteiger partial charge in [0.25, 0.3) is 0 Å². The van der Waals surface area contributed by atoms with Crippen LogP contribution in [0.1, 0.15) is 12.8 Å². The molecule has 1 aromatic rings. The number of piperidine rings is 1. The van der Waals surface area contributed by atoms with Gasteiger partial charge in [-0.2, -0.15) is 0 Å². The van der Waals surface area contributed by atoms with E-state index in [4.69, 9.17) is 4.74 Å². The van der Waals surface area contributed by atoms with Crippen LogP contribution in [0.25, 0.3) is 0 Å². The maximum absolute atomic E-state index is 5.85. The molecule has 0 amide bonds. The summed E-state index contributed by atoms with van der Waals surface area (Å²) in [5.41, 5.74) is 0. The van der Waals surface area contributed by atoms with Crippen LogP contribution in [0.2, 0.25) is 0 Å². The van der Waals surface area contributed by atoms with Crippen molar-refractivity contribution in [1.29, 1.82) is 0 Å². The highest BCUT2D eigenvalue weighted by Crippen LogP contribution is 2.19. The van der Waals surface area contributed by atoms with Crippen molar-refractivity contribution in [2.45, 2.75) is 18.9 Å². The SMILES string of the molecule is Brc1ccc(OC2CCNCC2)cc1.Cl. The molecule has 1 N–H and O–H groups in total. The molecule has 1 aliphatic heterocycles. The molecule has 0 aliphatic carbocycles. The normalized spacial score (nSPS) is 16.9. The Morgan fingerprint density at radius 2 is 1.73 bits per heavy atom. The third-order valence-electron chi connectivity index (χ3n) is 2.40. The van der Waals surface area contributed by atoms with Crippen molar-refractivity contribution in [3.8, 4) is 5.75 Å². The largest absolute Gasteiger partial charge is 0.490 e. The van der Waals surface area contributed by atoms with Crippen molar-refractivity contribution in [3.63, 3.8) is 0 Å². The molecule has 0 saturated carbocycles. The molecule has 15 heavy (non-hydrogen) atoms. The van der Waals surface area contributed by atoms with Gasteiger partial charge >= 0.3 is 0 Å². The predicted molar refractivity (Wildman–Crippen MR) is 67.9 cm³/mol. The smallest absolute Gasteiger partial charge is 0.119 e.